The van der Waals surface area contributed by atoms with Crippen LogP contribution in [0.1, 0.15) is 16.8 Å². The molecule has 23 heavy (non-hydrogen) atoms. The third kappa shape index (κ3) is 3.28. The van der Waals surface area contributed by atoms with E-state index in [1.54, 1.807) is 17.1 Å². The highest BCUT2D eigenvalue weighted by Crippen LogP contribution is 2.29. The van der Waals surface area contributed by atoms with E-state index in [2.05, 4.69) is 10.1 Å². The van der Waals surface area contributed by atoms with Gasteiger partial charge in [-0.05, 0) is 30.5 Å². The second-order valence-corrected chi connectivity index (χ2v) is 5.16. The fraction of sp³-hybridized carbons (Fsp3) is 0.250. The number of aromatic nitrogens is 3. The summed E-state index contributed by atoms with van der Waals surface area (Å²) >= 11 is 0. The van der Waals surface area contributed by atoms with Gasteiger partial charge in [0.05, 0.1) is 29.2 Å². The largest absolute Gasteiger partial charge is 0.444 e. The van der Waals surface area contributed by atoms with E-state index in [9.17, 15) is 13.2 Å². The van der Waals surface area contributed by atoms with Crippen LogP contribution in [0.3, 0.4) is 0 Å². The van der Waals surface area contributed by atoms with Crippen molar-refractivity contribution in [3.8, 4) is 11.5 Å². The van der Waals surface area contributed by atoms with Crippen LogP contribution in [0.4, 0.5) is 13.2 Å². The zero-order chi connectivity index (χ0) is 16.4. The lowest BCUT2D eigenvalue weighted by Gasteiger charge is -2.08. The van der Waals surface area contributed by atoms with Crippen molar-refractivity contribution in [2.75, 3.05) is 0 Å². The molecular weight excluding hydrogens is 307 g/mol. The maximum Gasteiger partial charge on any atom is 0.416 e. The SMILES string of the molecule is Cn1ncc(-c2ncco2)c1CCc1ccc(C(F)(F)F)cc1. The summed E-state index contributed by atoms with van der Waals surface area (Å²) in [6.07, 6.45) is 1.64. The number of hydrogen-bond acceptors (Lipinski definition) is 3. The van der Waals surface area contributed by atoms with E-state index in [1.807, 2.05) is 7.05 Å². The molecule has 0 unspecified atom stereocenters. The van der Waals surface area contributed by atoms with Gasteiger partial charge in [0.1, 0.15) is 6.26 Å². The second kappa shape index (κ2) is 5.91. The molecule has 7 heteroatoms. The van der Waals surface area contributed by atoms with Gasteiger partial charge in [0.15, 0.2) is 0 Å². The summed E-state index contributed by atoms with van der Waals surface area (Å²) in [6, 6.07) is 5.22. The van der Waals surface area contributed by atoms with Crippen molar-refractivity contribution in [3.63, 3.8) is 0 Å². The average molecular weight is 321 g/mol. The summed E-state index contributed by atoms with van der Waals surface area (Å²) in [5.74, 6) is 0.487. The van der Waals surface area contributed by atoms with Gasteiger partial charge in [-0.25, -0.2) is 4.98 Å². The molecule has 1 aromatic carbocycles. The quantitative estimate of drug-likeness (QED) is 0.732. The Bertz CT molecular complexity index is 774. The third-order valence-electron chi connectivity index (χ3n) is 3.66. The van der Waals surface area contributed by atoms with Crippen molar-refractivity contribution in [1.82, 2.24) is 14.8 Å². The van der Waals surface area contributed by atoms with E-state index in [1.165, 1.54) is 18.4 Å². The van der Waals surface area contributed by atoms with Gasteiger partial charge in [-0.2, -0.15) is 18.3 Å². The van der Waals surface area contributed by atoms with Crippen molar-refractivity contribution in [2.24, 2.45) is 7.05 Å². The molecule has 0 spiro atoms. The van der Waals surface area contributed by atoms with Crippen molar-refractivity contribution in [2.45, 2.75) is 19.0 Å². The van der Waals surface area contributed by atoms with Crippen molar-refractivity contribution >= 4 is 0 Å². The molecule has 2 aromatic heterocycles. The van der Waals surface area contributed by atoms with Crippen LogP contribution in [-0.2, 0) is 26.1 Å². The lowest BCUT2D eigenvalue weighted by atomic mass is 10.0. The first kappa shape index (κ1) is 15.3. The predicted octanol–water partition coefficient (Wildman–Crippen LogP) is 3.88. The molecule has 0 aliphatic carbocycles. The molecule has 0 N–H and O–H groups in total. The highest BCUT2D eigenvalue weighted by atomic mass is 19.4. The molecule has 0 radical (unpaired) electrons. The number of alkyl halides is 3. The van der Waals surface area contributed by atoms with Crippen LogP contribution in [0.2, 0.25) is 0 Å². The van der Waals surface area contributed by atoms with Crippen molar-refractivity contribution in [3.05, 3.63) is 59.7 Å². The van der Waals surface area contributed by atoms with Gasteiger partial charge < -0.3 is 4.42 Å². The zero-order valence-corrected chi connectivity index (χ0v) is 12.3. The molecule has 0 fully saturated rings. The van der Waals surface area contributed by atoms with Gasteiger partial charge in [0, 0.05) is 7.05 Å². The van der Waals surface area contributed by atoms with E-state index in [0.717, 1.165) is 29.0 Å². The molecule has 3 aromatic rings. The molecule has 0 aliphatic rings. The Morgan fingerprint density at radius 1 is 1.13 bits per heavy atom. The summed E-state index contributed by atoms with van der Waals surface area (Å²) in [5, 5.41) is 4.20. The Morgan fingerprint density at radius 2 is 1.87 bits per heavy atom. The van der Waals surface area contributed by atoms with Crippen LogP contribution < -0.4 is 0 Å². The number of oxazole rings is 1. The lowest BCUT2D eigenvalue weighted by Crippen LogP contribution is -2.05. The van der Waals surface area contributed by atoms with E-state index >= 15 is 0 Å². The van der Waals surface area contributed by atoms with Crippen molar-refractivity contribution in [1.29, 1.82) is 0 Å². The summed E-state index contributed by atoms with van der Waals surface area (Å²) in [7, 11) is 1.81. The maximum atomic E-state index is 12.6. The summed E-state index contributed by atoms with van der Waals surface area (Å²) in [4.78, 5) is 4.11. The number of rotatable bonds is 4. The van der Waals surface area contributed by atoms with Gasteiger partial charge >= 0.3 is 6.18 Å². The number of aryl methyl sites for hydroxylation is 2. The standard InChI is InChI=1S/C16H14F3N3O/c1-22-14(13(10-21-22)15-20-8-9-23-15)7-4-11-2-5-12(6-3-11)16(17,18)19/h2-3,5-6,8-10H,4,7H2,1H3. The molecule has 2 heterocycles. The Labute approximate surface area is 130 Å². The summed E-state index contributed by atoms with van der Waals surface area (Å²) in [6.45, 7) is 0. The minimum atomic E-state index is -4.31. The molecular formula is C16H14F3N3O. The topological polar surface area (TPSA) is 43.9 Å². The van der Waals surface area contributed by atoms with Gasteiger partial charge in [0.2, 0.25) is 5.89 Å². The Hall–Kier alpha value is -2.57. The van der Waals surface area contributed by atoms with Gasteiger partial charge in [-0.15, -0.1) is 0 Å². The molecule has 0 bridgehead atoms. The molecule has 0 amide bonds. The average Bonchev–Trinajstić information content (AvgIpc) is 3.14. The highest BCUT2D eigenvalue weighted by Gasteiger charge is 2.29. The molecule has 0 atom stereocenters. The van der Waals surface area contributed by atoms with Crippen LogP contribution >= 0.6 is 0 Å². The fourth-order valence-electron chi connectivity index (χ4n) is 2.42. The monoisotopic (exact) mass is 321 g/mol. The number of benzene rings is 1. The number of nitrogens with zero attached hydrogens (tertiary/aromatic N) is 3. The third-order valence-corrected chi connectivity index (χ3v) is 3.66. The maximum absolute atomic E-state index is 12.6. The van der Waals surface area contributed by atoms with Crippen LogP contribution in [-0.4, -0.2) is 14.8 Å². The molecule has 0 aliphatic heterocycles. The molecule has 3 rings (SSSR count). The zero-order valence-electron chi connectivity index (χ0n) is 12.3. The Morgan fingerprint density at radius 3 is 2.48 bits per heavy atom. The highest BCUT2D eigenvalue weighted by molar-refractivity contribution is 5.55. The van der Waals surface area contributed by atoms with Crippen LogP contribution in [0.5, 0.6) is 0 Å². The minimum Gasteiger partial charge on any atom is -0.444 e. The summed E-state index contributed by atoms with van der Waals surface area (Å²) in [5.41, 5.74) is 1.91. The van der Waals surface area contributed by atoms with Crippen LogP contribution in [0, 0.1) is 0 Å². The van der Waals surface area contributed by atoms with Gasteiger partial charge in [0.25, 0.3) is 0 Å². The van der Waals surface area contributed by atoms with E-state index in [0.29, 0.717) is 18.7 Å². The van der Waals surface area contributed by atoms with E-state index in [4.69, 9.17) is 4.42 Å². The lowest BCUT2D eigenvalue weighted by molar-refractivity contribution is -0.137. The molecule has 0 saturated heterocycles. The second-order valence-electron chi connectivity index (χ2n) is 5.16. The molecule has 4 nitrogen and oxygen atoms in total. The smallest absolute Gasteiger partial charge is 0.416 e. The van der Waals surface area contributed by atoms with Gasteiger partial charge in [-0.1, -0.05) is 12.1 Å². The first-order valence-corrected chi connectivity index (χ1v) is 7.02. The van der Waals surface area contributed by atoms with Gasteiger partial charge in [-0.3, -0.25) is 4.68 Å². The summed E-state index contributed by atoms with van der Waals surface area (Å²) < 4.78 is 44.7. The fourth-order valence-corrected chi connectivity index (χ4v) is 2.42. The molecule has 120 valence electrons. The number of halogens is 3. The predicted molar refractivity (Wildman–Crippen MR) is 77.6 cm³/mol. The normalized spacial score (nSPS) is 11.8. The number of hydrogen-bond donors (Lipinski definition) is 0. The van der Waals surface area contributed by atoms with Crippen LogP contribution in [0.25, 0.3) is 11.5 Å². The van der Waals surface area contributed by atoms with E-state index < -0.39 is 11.7 Å². The first-order valence-electron chi connectivity index (χ1n) is 7.02. The molecule has 0 saturated carbocycles. The first-order chi connectivity index (χ1) is 10.9. The minimum absolute atomic E-state index is 0.487. The Kier molecular flexibility index (Phi) is 3.94. The van der Waals surface area contributed by atoms with Crippen LogP contribution in [0.15, 0.2) is 47.3 Å². The van der Waals surface area contributed by atoms with E-state index in [-0.39, 0.29) is 0 Å². The van der Waals surface area contributed by atoms with Crippen molar-refractivity contribution < 1.29 is 17.6 Å². The Balaban J connectivity index is 1.75.